The van der Waals surface area contributed by atoms with Crippen molar-refractivity contribution in [2.24, 2.45) is 29.1 Å². The Morgan fingerprint density at radius 2 is 1.72 bits per heavy atom. The van der Waals surface area contributed by atoms with E-state index in [1.807, 2.05) is 6.92 Å². The summed E-state index contributed by atoms with van der Waals surface area (Å²) in [7, 11) is 0. The van der Waals surface area contributed by atoms with Gasteiger partial charge in [0, 0.05) is 18.3 Å². The second kappa shape index (κ2) is 4.70. The van der Waals surface area contributed by atoms with Crippen molar-refractivity contribution in [3.05, 3.63) is 0 Å². The number of hydrogen-bond donors (Lipinski definition) is 1. The fourth-order valence-electron chi connectivity index (χ4n) is 5.03. The van der Waals surface area contributed by atoms with Gasteiger partial charge in [-0.15, -0.1) is 11.6 Å². The molecule has 18 heavy (non-hydrogen) atoms. The molecule has 4 aliphatic rings. The maximum atomic E-state index is 11.9. The van der Waals surface area contributed by atoms with E-state index in [-0.39, 0.29) is 11.8 Å². The lowest BCUT2D eigenvalue weighted by Gasteiger charge is -2.57. The van der Waals surface area contributed by atoms with Crippen LogP contribution in [0, 0.1) is 29.1 Å². The number of halogens is 1. The van der Waals surface area contributed by atoms with Crippen molar-refractivity contribution in [2.45, 2.75) is 45.4 Å². The Labute approximate surface area is 115 Å². The molecule has 0 aliphatic heterocycles. The molecule has 0 radical (unpaired) electrons. The molecule has 0 aromatic heterocycles. The zero-order valence-electron chi connectivity index (χ0n) is 11.3. The van der Waals surface area contributed by atoms with Crippen molar-refractivity contribution in [1.29, 1.82) is 0 Å². The molecule has 1 N–H and O–H groups in total. The summed E-state index contributed by atoms with van der Waals surface area (Å²) in [5.41, 5.74) is 0.441. The van der Waals surface area contributed by atoms with Gasteiger partial charge in [0.15, 0.2) is 0 Å². The van der Waals surface area contributed by atoms with Crippen LogP contribution in [0.5, 0.6) is 0 Å². The lowest BCUT2D eigenvalue weighted by atomic mass is 9.49. The number of alkyl halides is 1. The molecular weight excluding hydrogens is 246 g/mol. The largest absolute Gasteiger partial charge is 0.355 e. The minimum Gasteiger partial charge on any atom is -0.355 e. The van der Waals surface area contributed by atoms with Gasteiger partial charge in [-0.2, -0.15) is 0 Å². The first-order chi connectivity index (χ1) is 8.60. The van der Waals surface area contributed by atoms with Crippen LogP contribution >= 0.6 is 11.6 Å². The molecule has 0 aromatic rings. The van der Waals surface area contributed by atoms with Gasteiger partial charge in [-0.1, -0.05) is 6.92 Å². The highest BCUT2D eigenvalue weighted by molar-refractivity contribution is 6.19. The first kappa shape index (κ1) is 12.8. The Morgan fingerprint density at radius 3 is 2.17 bits per heavy atom. The summed E-state index contributed by atoms with van der Waals surface area (Å²) < 4.78 is 0. The topological polar surface area (TPSA) is 29.1 Å². The fraction of sp³-hybridized carbons (Fsp3) is 0.933. The number of rotatable bonds is 4. The summed E-state index contributed by atoms with van der Waals surface area (Å²) in [6.45, 7) is 2.80. The highest BCUT2D eigenvalue weighted by Gasteiger charge is 2.50. The lowest BCUT2D eigenvalue weighted by molar-refractivity contribution is -0.126. The van der Waals surface area contributed by atoms with E-state index < -0.39 is 0 Å². The quantitative estimate of drug-likeness (QED) is 0.781. The number of carbonyl (C=O) groups is 1. The molecule has 4 fully saturated rings. The molecule has 1 amide bonds. The third-order valence-electron chi connectivity index (χ3n) is 5.48. The highest BCUT2D eigenvalue weighted by atomic mass is 35.5. The molecule has 0 spiro atoms. The maximum Gasteiger partial charge on any atom is 0.224 e. The summed E-state index contributed by atoms with van der Waals surface area (Å²) in [5, 5.41) is 3.17. The van der Waals surface area contributed by atoms with Gasteiger partial charge in [-0.05, 0) is 61.7 Å². The summed E-state index contributed by atoms with van der Waals surface area (Å²) in [6, 6.07) is 0. The van der Waals surface area contributed by atoms with Gasteiger partial charge in [0.1, 0.15) is 0 Å². The third-order valence-corrected chi connectivity index (χ3v) is 5.94. The molecule has 0 heterocycles. The Hall–Kier alpha value is -0.240. The van der Waals surface area contributed by atoms with Crippen LogP contribution < -0.4 is 5.32 Å². The van der Waals surface area contributed by atoms with Crippen molar-refractivity contribution >= 4 is 17.5 Å². The molecule has 0 saturated heterocycles. The molecule has 4 aliphatic carbocycles. The van der Waals surface area contributed by atoms with E-state index in [9.17, 15) is 4.79 Å². The van der Waals surface area contributed by atoms with Crippen LogP contribution in [-0.2, 0) is 4.79 Å². The van der Waals surface area contributed by atoms with Gasteiger partial charge in [0.25, 0.3) is 0 Å². The van der Waals surface area contributed by atoms with E-state index in [4.69, 9.17) is 11.6 Å². The van der Waals surface area contributed by atoms with E-state index in [0.717, 1.165) is 24.3 Å². The molecular formula is C15H24ClNO. The molecule has 4 saturated carbocycles. The average molecular weight is 270 g/mol. The molecule has 1 unspecified atom stereocenters. The number of hydrogen-bond acceptors (Lipinski definition) is 1. The van der Waals surface area contributed by atoms with Crippen molar-refractivity contribution in [1.82, 2.24) is 5.32 Å². The Morgan fingerprint density at radius 1 is 1.22 bits per heavy atom. The third kappa shape index (κ3) is 2.29. The first-order valence-electron chi connectivity index (χ1n) is 7.44. The van der Waals surface area contributed by atoms with Crippen molar-refractivity contribution in [3.8, 4) is 0 Å². The smallest absolute Gasteiger partial charge is 0.224 e. The molecule has 102 valence electrons. The van der Waals surface area contributed by atoms with Gasteiger partial charge in [0.05, 0.1) is 0 Å². The minimum absolute atomic E-state index is 0.0550. The summed E-state index contributed by atoms with van der Waals surface area (Å²) in [4.78, 5) is 11.9. The van der Waals surface area contributed by atoms with Crippen LogP contribution in [0.25, 0.3) is 0 Å². The summed E-state index contributed by atoms with van der Waals surface area (Å²) in [5.74, 6) is 3.38. The van der Waals surface area contributed by atoms with Crippen LogP contribution in [0.1, 0.15) is 45.4 Å². The SMILES string of the molecule is CC(CCl)C(=O)NCC12CC3CC(CC(C3)C1)C2. The number of amides is 1. The highest BCUT2D eigenvalue weighted by Crippen LogP contribution is 2.59. The second-order valence-corrected chi connectivity index (χ2v) is 7.50. The van der Waals surface area contributed by atoms with Crippen LogP contribution in [0.15, 0.2) is 0 Å². The second-order valence-electron chi connectivity index (χ2n) is 7.19. The van der Waals surface area contributed by atoms with E-state index in [1.54, 1.807) is 0 Å². The monoisotopic (exact) mass is 269 g/mol. The predicted molar refractivity (Wildman–Crippen MR) is 73.5 cm³/mol. The van der Waals surface area contributed by atoms with E-state index >= 15 is 0 Å². The van der Waals surface area contributed by atoms with Gasteiger partial charge >= 0.3 is 0 Å². The van der Waals surface area contributed by atoms with E-state index in [1.165, 1.54) is 38.5 Å². The van der Waals surface area contributed by atoms with Crippen LogP contribution in [0.4, 0.5) is 0 Å². The van der Waals surface area contributed by atoms with E-state index in [2.05, 4.69) is 5.32 Å². The Kier molecular flexibility index (Phi) is 3.34. The molecule has 4 bridgehead atoms. The van der Waals surface area contributed by atoms with Gasteiger partial charge in [-0.25, -0.2) is 0 Å². The van der Waals surface area contributed by atoms with Gasteiger partial charge < -0.3 is 5.32 Å². The molecule has 3 heteroatoms. The van der Waals surface area contributed by atoms with Crippen LogP contribution in [-0.4, -0.2) is 18.3 Å². The Bertz CT molecular complexity index is 306. The zero-order chi connectivity index (χ0) is 12.8. The number of nitrogens with one attached hydrogen (secondary N) is 1. The molecule has 2 nitrogen and oxygen atoms in total. The first-order valence-corrected chi connectivity index (χ1v) is 7.97. The zero-order valence-corrected chi connectivity index (χ0v) is 12.0. The number of carbonyl (C=O) groups excluding carboxylic acids is 1. The molecule has 0 aromatic carbocycles. The fourth-order valence-corrected chi connectivity index (χ4v) is 5.17. The van der Waals surface area contributed by atoms with Gasteiger partial charge in [-0.3, -0.25) is 4.79 Å². The minimum atomic E-state index is -0.0550. The average Bonchev–Trinajstić information content (AvgIpc) is 2.33. The van der Waals surface area contributed by atoms with Gasteiger partial charge in [0.2, 0.25) is 5.91 Å². The summed E-state index contributed by atoms with van der Waals surface area (Å²) in [6.07, 6.45) is 8.46. The standard InChI is InChI=1S/C15H24ClNO/c1-10(8-16)14(18)17-9-15-5-11-2-12(6-15)4-13(3-11)7-15/h10-13H,2-9H2,1H3,(H,17,18). The lowest BCUT2D eigenvalue weighted by Crippen LogP contribution is -2.51. The Balaban J connectivity index is 1.61. The maximum absolute atomic E-state index is 11.9. The molecule has 1 atom stereocenters. The van der Waals surface area contributed by atoms with E-state index in [0.29, 0.717) is 11.3 Å². The predicted octanol–water partition coefficient (Wildman–Crippen LogP) is 3.19. The van der Waals surface area contributed by atoms with Crippen LogP contribution in [0.3, 0.4) is 0 Å². The van der Waals surface area contributed by atoms with Crippen molar-refractivity contribution < 1.29 is 4.79 Å². The normalized spacial score (nSPS) is 42.9. The molecule has 4 rings (SSSR count). The van der Waals surface area contributed by atoms with Crippen molar-refractivity contribution in [2.75, 3.05) is 12.4 Å². The van der Waals surface area contributed by atoms with Crippen molar-refractivity contribution in [3.63, 3.8) is 0 Å². The summed E-state index contributed by atoms with van der Waals surface area (Å²) >= 11 is 5.74. The van der Waals surface area contributed by atoms with Crippen LogP contribution in [0.2, 0.25) is 0 Å².